The summed E-state index contributed by atoms with van der Waals surface area (Å²) in [5.41, 5.74) is 2.42. The highest BCUT2D eigenvalue weighted by Crippen LogP contribution is 2.35. The Morgan fingerprint density at radius 3 is 2.62 bits per heavy atom. The third-order valence-electron chi connectivity index (χ3n) is 5.65. The zero-order valence-electron chi connectivity index (χ0n) is 17.4. The van der Waals surface area contributed by atoms with Crippen molar-refractivity contribution in [2.24, 2.45) is 11.8 Å². The molecule has 156 valence electrons. The Kier molecular flexibility index (Phi) is 6.06. The van der Waals surface area contributed by atoms with Gasteiger partial charge in [0.1, 0.15) is 5.75 Å². The molecule has 1 amide bonds. The number of likely N-dealkylation sites (tertiary alicyclic amines) is 1. The van der Waals surface area contributed by atoms with Crippen LogP contribution in [0.3, 0.4) is 0 Å². The quantitative estimate of drug-likeness (QED) is 0.761. The number of carbonyl (C=O) groups is 1. The first-order chi connectivity index (χ1) is 14.0. The summed E-state index contributed by atoms with van der Waals surface area (Å²) in [5.74, 6) is 1.90. The topological polar surface area (TPSA) is 54.9 Å². The molecule has 2 saturated heterocycles. The summed E-state index contributed by atoms with van der Waals surface area (Å²) >= 11 is 1.62. The summed E-state index contributed by atoms with van der Waals surface area (Å²) in [7, 11) is 1.66. The molecule has 1 aromatic carbocycles. The van der Waals surface area contributed by atoms with Gasteiger partial charge in [0.05, 0.1) is 26.0 Å². The van der Waals surface area contributed by atoms with E-state index in [2.05, 4.69) is 18.7 Å². The lowest BCUT2D eigenvalue weighted by Crippen LogP contribution is -2.42. The normalized spacial score (nSPS) is 22.6. The SMILES string of the molecule is COc1ccc(C(=O)N2CC(C)CC(C)C2)cc1-c1csc(N2CCOCC2)n1. The third kappa shape index (κ3) is 4.41. The van der Waals surface area contributed by atoms with Gasteiger partial charge in [-0.3, -0.25) is 4.79 Å². The molecule has 0 bridgehead atoms. The molecule has 0 saturated carbocycles. The Morgan fingerprint density at radius 1 is 1.21 bits per heavy atom. The molecule has 6 nitrogen and oxygen atoms in total. The van der Waals surface area contributed by atoms with Gasteiger partial charge in [-0.25, -0.2) is 4.98 Å². The lowest BCUT2D eigenvalue weighted by atomic mass is 9.91. The van der Waals surface area contributed by atoms with Crippen molar-refractivity contribution in [2.75, 3.05) is 51.4 Å². The first kappa shape index (κ1) is 20.2. The molecule has 2 fully saturated rings. The van der Waals surface area contributed by atoms with Crippen molar-refractivity contribution in [3.63, 3.8) is 0 Å². The maximum atomic E-state index is 13.2. The van der Waals surface area contributed by atoms with Crippen LogP contribution in [-0.2, 0) is 4.74 Å². The number of aromatic nitrogens is 1. The lowest BCUT2D eigenvalue weighted by Gasteiger charge is -2.35. The maximum Gasteiger partial charge on any atom is 0.253 e. The van der Waals surface area contributed by atoms with E-state index in [1.807, 2.05) is 28.5 Å². The number of ether oxygens (including phenoxy) is 2. The van der Waals surface area contributed by atoms with Crippen molar-refractivity contribution in [1.29, 1.82) is 0 Å². The van der Waals surface area contributed by atoms with Gasteiger partial charge in [-0.2, -0.15) is 0 Å². The molecule has 1 aromatic heterocycles. The second-order valence-corrected chi connectivity index (χ2v) is 9.02. The highest BCUT2D eigenvalue weighted by Gasteiger charge is 2.27. The number of hydrogen-bond donors (Lipinski definition) is 0. The van der Waals surface area contributed by atoms with Crippen molar-refractivity contribution in [3.05, 3.63) is 29.1 Å². The van der Waals surface area contributed by atoms with Gasteiger partial charge >= 0.3 is 0 Å². The fourth-order valence-electron chi connectivity index (χ4n) is 4.34. The molecule has 3 heterocycles. The van der Waals surface area contributed by atoms with Gasteiger partial charge in [0, 0.05) is 42.7 Å². The summed E-state index contributed by atoms with van der Waals surface area (Å²) in [6, 6.07) is 5.68. The van der Waals surface area contributed by atoms with Crippen LogP contribution in [-0.4, -0.2) is 62.3 Å². The van der Waals surface area contributed by atoms with Gasteiger partial charge < -0.3 is 19.3 Å². The first-order valence-corrected chi connectivity index (χ1v) is 11.2. The van der Waals surface area contributed by atoms with E-state index >= 15 is 0 Å². The van der Waals surface area contributed by atoms with E-state index in [4.69, 9.17) is 14.5 Å². The van der Waals surface area contributed by atoms with E-state index in [9.17, 15) is 4.79 Å². The number of rotatable bonds is 4. The average Bonchev–Trinajstić information content (AvgIpc) is 3.23. The van der Waals surface area contributed by atoms with Gasteiger partial charge in [-0.15, -0.1) is 11.3 Å². The number of amides is 1. The minimum Gasteiger partial charge on any atom is -0.496 e. The molecule has 2 atom stereocenters. The fourth-order valence-corrected chi connectivity index (χ4v) is 5.22. The number of carbonyl (C=O) groups excluding carboxylic acids is 1. The molecule has 4 rings (SSSR count). The minimum atomic E-state index is 0.0935. The number of morpholine rings is 1. The number of piperidine rings is 1. The average molecular weight is 416 g/mol. The monoisotopic (exact) mass is 415 g/mol. The van der Waals surface area contributed by atoms with Crippen molar-refractivity contribution < 1.29 is 14.3 Å². The molecule has 7 heteroatoms. The summed E-state index contributed by atoms with van der Waals surface area (Å²) in [4.78, 5) is 22.2. The molecule has 2 aromatic rings. The highest BCUT2D eigenvalue weighted by molar-refractivity contribution is 7.14. The number of thiazole rings is 1. The predicted molar refractivity (Wildman–Crippen MR) is 116 cm³/mol. The molecule has 0 radical (unpaired) electrons. The Balaban J connectivity index is 1.60. The van der Waals surface area contributed by atoms with Crippen molar-refractivity contribution in [3.8, 4) is 17.0 Å². The standard InChI is InChI=1S/C22H29N3O3S/c1-15-10-16(2)13-25(12-15)21(26)17-4-5-20(27-3)18(11-17)19-14-29-22(23-19)24-6-8-28-9-7-24/h4-5,11,14-16H,6-10,12-13H2,1-3H3. The molecule has 2 aliphatic rings. The molecule has 0 N–H and O–H groups in total. The summed E-state index contributed by atoms with van der Waals surface area (Å²) in [6.07, 6.45) is 1.18. The second kappa shape index (κ2) is 8.71. The zero-order valence-corrected chi connectivity index (χ0v) is 18.2. The van der Waals surface area contributed by atoms with Crippen LogP contribution in [0.25, 0.3) is 11.3 Å². The molecule has 29 heavy (non-hydrogen) atoms. The molecule has 2 aliphatic heterocycles. The van der Waals surface area contributed by atoms with Crippen LogP contribution in [0.15, 0.2) is 23.6 Å². The number of anilines is 1. The van der Waals surface area contributed by atoms with Crippen molar-refractivity contribution >= 4 is 22.4 Å². The van der Waals surface area contributed by atoms with Crippen LogP contribution in [0.1, 0.15) is 30.6 Å². The zero-order chi connectivity index (χ0) is 20.4. The Hall–Kier alpha value is -2.12. The fraction of sp³-hybridized carbons (Fsp3) is 0.545. The minimum absolute atomic E-state index is 0.0935. The van der Waals surface area contributed by atoms with Gasteiger partial charge in [-0.05, 0) is 36.5 Å². The van der Waals surface area contributed by atoms with Crippen LogP contribution in [0.4, 0.5) is 5.13 Å². The maximum absolute atomic E-state index is 13.2. The second-order valence-electron chi connectivity index (χ2n) is 8.19. The number of methoxy groups -OCH3 is 1. The third-order valence-corrected chi connectivity index (χ3v) is 6.55. The Labute approximate surface area is 176 Å². The van der Waals surface area contributed by atoms with E-state index < -0.39 is 0 Å². The summed E-state index contributed by atoms with van der Waals surface area (Å²) in [5, 5.41) is 3.03. The van der Waals surface area contributed by atoms with Gasteiger partial charge in [0.2, 0.25) is 0 Å². The largest absolute Gasteiger partial charge is 0.496 e. The Morgan fingerprint density at radius 2 is 1.93 bits per heavy atom. The van der Waals surface area contributed by atoms with E-state index in [0.717, 1.165) is 61.5 Å². The van der Waals surface area contributed by atoms with Crippen LogP contribution in [0, 0.1) is 11.8 Å². The Bertz CT molecular complexity index is 853. The molecular weight excluding hydrogens is 386 g/mol. The van der Waals surface area contributed by atoms with E-state index in [-0.39, 0.29) is 5.91 Å². The number of nitrogens with zero attached hydrogens (tertiary/aromatic N) is 3. The van der Waals surface area contributed by atoms with Crippen LogP contribution in [0.2, 0.25) is 0 Å². The van der Waals surface area contributed by atoms with E-state index in [1.165, 1.54) is 6.42 Å². The summed E-state index contributed by atoms with van der Waals surface area (Å²) in [6.45, 7) is 9.26. The first-order valence-electron chi connectivity index (χ1n) is 10.3. The van der Waals surface area contributed by atoms with Gasteiger partial charge in [0.15, 0.2) is 5.13 Å². The van der Waals surface area contributed by atoms with Gasteiger partial charge in [0.25, 0.3) is 5.91 Å². The van der Waals surface area contributed by atoms with Crippen molar-refractivity contribution in [1.82, 2.24) is 9.88 Å². The van der Waals surface area contributed by atoms with Crippen LogP contribution >= 0.6 is 11.3 Å². The molecular formula is C22H29N3O3S. The number of benzene rings is 1. The predicted octanol–water partition coefficient (Wildman–Crippen LogP) is 3.77. The molecule has 2 unspecified atom stereocenters. The van der Waals surface area contributed by atoms with Gasteiger partial charge in [-0.1, -0.05) is 13.8 Å². The lowest BCUT2D eigenvalue weighted by molar-refractivity contribution is 0.0623. The highest BCUT2D eigenvalue weighted by atomic mass is 32.1. The smallest absolute Gasteiger partial charge is 0.253 e. The van der Waals surface area contributed by atoms with E-state index in [1.54, 1.807) is 18.4 Å². The van der Waals surface area contributed by atoms with Crippen LogP contribution in [0.5, 0.6) is 5.75 Å². The number of hydrogen-bond acceptors (Lipinski definition) is 6. The van der Waals surface area contributed by atoms with Crippen molar-refractivity contribution in [2.45, 2.75) is 20.3 Å². The van der Waals surface area contributed by atoms with Crippen LogP contribution < -0.4 is 9.64 Å². The molecule has 0 aliphatic carbocycles. The van der Waals surface area contributed by atoms with E-state index in [0.29, 0.717) is 17.4 Å². The molecule has 0 spiro atoms. The summed E-state index contributed by atoms with van der Waals surface area (Å²) < 4.78 is 11.0.